The Hall–Kier alpha value is -2.17. The van der Waals surface area contributed by atoms with Crippen molar-refractivity contribution in [2.45, 2.75) is 18.9 Å². The Balaban J connectivity index is 1.58. The Kier molecular flexibility index (Phi) is 5.28. The monoisotopic (exact) mass is 387 g/mol. The predicted molar refractivity (Wildman–Crippen MR) is 94.3 cm³/mol. The maximum absolute atomic E-state index is 12.4. The van der Waals surface area contributed by atoms with E-state index in [1.165, 1.54) is 0 Å². The predicted octanol–water partition coefficient (Wildman–Crippen LogP) is 2.56. The molecule has 1 aliphatic rings. The molecule has 1 fully saturated rings. The lowest BCUT2D eigenvalue weighted by atomic mass is 10.0. The standard InChI is InChI=1S/C17H18BrN5O/c18-13-3-1-12(2-4-13)15-11-16(22-21-15)17(24)20-14-5-8-23(9-6-14)10-7-19/h1-4,11,14H,5-6,8-10H2,(H,20,24)(H,21,22). The molecule has 0 radical (unpaired) electrons. The number of piperidine rings is 1. The highest BCUT2D eigenvalue weighted by Gasteiger charge is 2.21. The highest BCUT2D eigenvalue weighted by atomic mass is 79.9. The van der Waals surface area contributed by atoms with Gasteiger partial charge in [0.1, 0.15) is 5.69 Å². The second kappa shape index (κ2) is 7.60. The van der Waals surface area contributed by atoms with Crippen molar-refractivity contribution in [2.75, 3.05) is 19.6 Å². The van der Waals surface area contributed by atoms with Crippen LogP contribution in [0.25, 0.3) is 11.3 Å². The van der Waals surface area contributed by atoms with Crippen molar-refractivity contribution in [2.24, 2.45) is 0 Å². The highest BCUT2D eigenvalue weighted by Crippen LogP contribution is 2.20. The summed E-state index contributed by atoms with van der Waals surface area (Å²) in [5.41, 5.74) is 2.17. The minimum absolute atomic E-state index is 0.135. The number of carbonyl (C=O) groups is 1. The first-order chi connectivity index (χ1) is 11.7. The summed E-state index contributed by atoms with van der Waals surface area (Å²) in [7, 11) is 0. The molecule has 1 saturated heterocycles. The average molecular weight is 388 g/mol. The van der Waals surface area contributed by atoms with E-state index in [9.17, 15) is 4.79 Å². The van der Waals surface area contributed by atoms with E-state index in [-0.39, 0.29) is 11.9 Å². The molecule has 1 aromatic carbocycles. The highest BCUT2D eigenvalue weighted by molar-refractivity contribution is 9.10. The van der Waals surface area contributed by atoms with Gasteiger partial charge in [-0.3, -0.25) is 14.8 Å². The Bertz CT molecular complexity index is 741. The van der Waals surface area contributed by atoms with Gasteiger partial charge in [-0.2, -0.15) is 10.4 Å². The van der Waals surface area contributed by atoms with Crippen molar-refractivity contribution < 1.29 is 4.79 Å². The lowest BCUT2D eigenvalue weighted by Crippen LogP contribution is -2.44. The molecule has 3 rings (SSSR count). The van der Waals surface area contributed by atoms with Gasteiger partial charge in [-0.15, -0.1) is 0 Å². The van der Waals surface area contributed by atoms with E-state index in [0.29, 0.717) is 12.2 Å². The van der Waals surface area contributed by atoms with E-state index in [2.05, 4.69) is 42.4 Å². The van der Waals surface area contributed by atoms with E-state index in [4.69, 9.17) is 5.26 Å². The topological polar surface area (TPSA) is 84.8 Å². The third-order valence-corrected chi connectivity index (χ3v) is 4.71. The van der Waals surface area contributed by atoms with Gasteiger partial charge in [-0.25, -0.2) is 0 Å². The van der Waals surface area contributed by atoms with E-state index in [1.807, 2.05) is 24.3 Å². The third kappa shape index (κ3) is 4.02. The van der Waals surface area contributed by atoms with E-state index in [1.54, 1.807) is 6.07 Å². The van der Waals surface area contributed by atoms with Crippen LogP contribution in [-0.4, -0.2) is 46.7 Å². The molecule has 124 valence electrons. The minimum atomic E-state index is -0.135. The van der Waals surface area contributed by atoms with E-state index < -0.39 is 0 Å². The zero-order valence-electron chi connectivity index (χ0n) is 13.1. The summed E-state index contributed by atoms with van der Waals surface area (Å²) < 4.78 is 1.00. The molecule has 1 amide bonds. The Morgan fingerprint density at radius 2 is 2.08 bits per heavy atom. The van der Waals surface area contributed by atoms with Crippen LogP contribution in [0.4, 0.5) is 0 Å². The number of hydrogen-bond donors (Lipinski definition) is 2. The first-order valence-corrected chi connectivity index (χ1v) is 8.66. The van der Waals surface area contributed by atoms with Crippen LogP contribution in [0.15, 0.2) is 34.8 Å². The number of carbonyl (C=O) groups excluding carboxylic acids is 1. The zero-order chi connectivity index (χ0) is 16.9. The van der Waals surface area contributed by atoms with Gasteiger partial charge in [0.15, 0.2) is 0 Å². The van der Waals surface area contributed by atoms with Crippen LogP contribution in [0.5, 0.6) is 0 Å². The smallest absolute Gasteiger partial charge is 0.269 e. The molecule has 24 heavy (non-hydrogen) atoms. The van der Waals surface area contributed by atoms with Crippen LogP contribution in [0.3, 0.4) is 0 Å². The second-order valence-corrected chi connectivity index (χ2v) is 6.77. The van der Waals surface area contributed by atoms with Gasteiger partial charge in [-0.1, -0.05) is 28.1 Å². The van der Waals surface area contributed by atoms with Crippen molar-refractivity contribution >= 4 is 21.8 Å². The number of rotatable bonds is 4. The molecule has 7 heteroatoms. The van der Waals surface area contributed by atoms with Crippen LogP contribution in [-0.2, 0) is 0 Å². The quantitative estimate of drug-likeness (QED) is 0.789. The Morgan fingerprint density at radius 1 is 1.38 bits per heavy atom. The van der Waals surface area contributed by atoms with Crippen molar-refractivity contribution in [1.29, 1.82) is 5.26 Å². The first-order valence-electron chi connectivity index (χ1n) is 7.87. The number of hydrogen-bond acceptors (Lipinski definition) is 4. The molecule has 0 bridgehead atoms. The number of H-pyrrole nitrogens is 1. The molecule has 0 atom stereocenters. The number of likely N-dealkylation sites (tertiary alicyclic amines) is 1. The zero-order valence-corrected chi connectivity index (χ0v) is 14.7. The van der Waals surface area contributed by atoms with Crippen molar-refractivity contribution in [3.8, 4) is 17.3 Å². The fraction of sp³-hybridized carbons (Fsp3) is 0.353. The van der Waals surface area contributed by atoms with Crippen LogP contribution in [0.1, 0.15) is 23.3 Å². The molecular formula is C17H18BrN5O. The molecule has 0 saturated carbocycles. The van der Waals surface area contributed by atoms with Gasteiger partial charge >= 0.3 is 0 Å². The fourth-order valence-corrected chi connectivity index (χ4v) is 3.07. The fourth-order valence-electron chi connectivity index (χ4n) is 2.81. The van der Waals surface area contributed by atoms with Gasteiger partial charge in [0.25, 0.3) is 5.91 Å². The molecule has 0 spiro atoms. The summed E-state index contributed by atoms with van der Waals surface area (Å²) >= 11 is 3.40. The van der Waals surface area contributed by atoms with Crippen LogP contribution in [0, 0.1) is 11.3 Å². The van der Waals surface area contributed by atoms with Crippen molar-refractivity contribution in [3.05, 3.63) is 40.5 Å². The maximum atomic E-state index is 12.4. The van der Waals surface area contributed by atoms with Gasteiger partial charge in [-0.05, 0) is 31.0 Å². The molecular weight excluding hydrogens is 370 g/mol. The summed E-state index contributed by atoms with van der Waals surface area (Å²) in [6, 6.07) is 11.9. The van der Waals surface area contributed by atoms with Crippen LogP contribution < -0.4 is 5.32 Å². The lowest BCUT2D eigenvalue weighted by molar-refractivity contribution is 0.0909. The molecule has 0 unspecified atom stereocenters. The number of benzene rings is 1. The van der Waals surface area contributed by atoms with Gasteiger partial charge in [0.05, 0.1) is 18.3 Å². The molecule has 6 nitrogen and oxygen atoms in total. The maximum Gasteiger partial charge on any atom is 0.269 e. The Morgan fingerprint density at radius 3 is 2.75 bits per heavy atom. The molecule has 1 aromatic heterocycles. The summed E-state index contributed by atoms with van der Waals surface area (Å²) in [6.45, 7) is 2.13. The Labute approximate surface area is 149 Å². The van der Waals surface area contributed by atoms with E-state index >= 15 is 0 Å². The number of nitrogens with one attached hydrogen (secondary N) is 2. The van der Waals surface area contributed by atoms with Gasteiger partial charge in [0.2, 0.25) is 0 Å². The number of aromatic nitrogens is 2. The minimum Gasteiger partial charge on any atom is -0.348 e. The van der Waals surface area contributed by atoms with Gasteiger partial charge in [0, 0.05) is 29.2 Å². The van der Waals surface area contributed by atoms with Crippen LogP contribution >= 0.6 is 15.9 Å². The van der Waals surface area contributed by atoms with Gasteiger partial charge < -0.3 is 5.32 Å². The average Bonchev–Trinajstić information content (AvgIpc) is 3.08. The summed E-state index contributed by atoms with van der Waals surface area (Å²) in [6.07, 6.45) is 1.72. The molecule has 2 heterocycles. The van der Waals surface area contributed by atoms with Crippen LogP contribution in [0.2, 0.25) is 0 Å². The number of aromatic amines is 1. The second-order valence-electron chi connectivity index (χ2n) is 5.86. The number of nitrogens with zero attached hydrogens (tertiary/aromatic N) is 3. The summed E-state index contributed by atoms with van der Waals surface area (Å²) in [4.78, 5) is 14.5. The third-order valence-electron chi connectivity index (χ3n) is 4.18. The lowest BCUT2D eigenvalue weighted by Gasteiger charge is -2.30. The largest absolute Gasteiger partial charge is 0.348 e. The van der Waals surface area contributed by atoms with Crippen molar-refractivity contribution in [1.82, 2.24) is 20.4 Å². The van der Waals surface area contributed by atoms with E-state index in [0.717, 1.165) is 41.7 Å². The number of halogens is 1. The molecule has 0 aliphatic carbocycles. The first kappa shape index (κ1) is 16.7. The normalized spacial score (nSPS) is 15.8. The van der Waals surface area contributed by atoms with Crippen molar-refractivity contribution in [3.63, 3.8) is 0 Å². The number of amides is 1. The molecule has 1 aliphatic heterocycles. The molecule has 2 N–H and O–H groups in total. The molecule has 2 aromatic rings. The number of nitriles is 1. The summed E-state index contributed by atoms with van der Waals surface area (Å²) in [5.74, 6) is -0.135. The summed E-state index contributed by atoms with van der Waals surface area (Å²) in [5, 5.41) is 18.8. The SMILES string of the molecule is N#CCN1CCC(NC(=O)c2cc(-c3ccc(Br)cc3)n[nH]2)CC1.